The quantitative estimate of drug-likeness (QED) is 0.887. The topological polar surface area (TPSA) is 24.8 Å². The van der Waals surface area contributed by atoms with Crippen molar-refractivity contribution in [2.24, 2.45) is 11.8 Å². The molecule has 21 heavy (non-hydrogen) atoms. The van der Waals surface area contributed by atoms with Gasteiger partial charge in [0.1, 0.15) is 0 Å². The van der Waals surface area contributed by atoms with E-state index in [1.165, 1.54) is 32.4 Å². The summed E-state index contributed by atoms with van der Waals surface area (Å²) in [7, 11) is 0. The van der Waals surface area contributed by atoms with E-state index < -0.39 is 0 Å². The Kier molecular flexibility index (Phi) is 4.65. The monoisotopic (exact) mass is 307 g/mol. The number of carbonyl (C=O) groups excluding carboxylic acids is 1. The van der Waals surface area contributed by atoms with Crippen LogP contribution in [-0.2, 0) is 0 Å². The summed E-state index contributed by atoms with van der Waals surface area (Å²) in [6.45, 7) is 9.32. The van der Waals surface area contributed by atoms with Crippen molar-refractivity contribution in [1.82, 2.24) is 4.90 Å². The molecule has 116 valence electrons. The number of carbonyl (C=O) groups is 1. The molecule has 2 aliphatic rings. The van der Waals surface area contributed by atoms with Gasteiger partial charge in [-0.05, 0) is 17.9 Å². The summed E-state index contributed by atoms with van der Waals surface area (Å²) in [6, 6.07) is 4.67. The molecule has 2 saturated heterocycles. The summed E-state index contributed by atoms with van der Waals surface area (Å²) >= 11 is 1.56. The Morgan fingerprint density at radius 3 is 2.48 bits per heavy atom. The van der Waals surface area contributed by atoms with Crippen molar-refractivity contribution in [3.63, 3.8) is 0 Å². The lowest BCUT2D eigenvalue weighted by Gasteiger charge is -2.40. The SMILES string of the molecule is CC1CC(C)C[NH+](C2CCN(C(=O)c3cccs3)CC2)C1. The molecule has 2 unspecified atom stereocenters. The van der Waals surface area contributed by atoms with Crippen LogP contribution in [0, 0.1) is 11.8 Å². The summed E-state index contributed by atoms with van der Waals surface area (Å²) < 4.78 is 0. The summed E-state index contributed by atoms with van der Waals surface area (Å²) in [4.78, 5) is 17.1. The van der Waals surface area contributed by atoms with Crippen LogP contribution in [-0.4, -0.2) is 43.0 Å². The van der Waals surface area contributed by atoms with E-state index in [4.69, 9.17) is 0 Å². The Labute approximate surface area is 131 Å². The van der Waals surface area contributed by atoms with Crippen LogP contribution in [0.2, 0.25) is 0 Å². The Morgan fingerprint density at radius 2 is 1.90 bits per heavy atom. The minimum Gasteiger partial charge on any atom is -0.337 e. The number of hydrogen-bond donors (Lipinski definition) is 1. The predicted molar refractivity (Wildman–Crippen MR) is 86.9 cm³/mol. The Morgan fingerprint density at radius 1 is 1.24 bits per heavy atom. The molecule has 2 fully saturated rings. The number of nitrogens with one attached hydrogen (secondary N) is 1. The van der Waals surface area contributed by atoms with Crippen molar-refractivity contribution >= 4 is 17.2 Å². The molecule has 1 aromatic heterocycles. The lowest BCUT2D eigenvalue weighted by Crippen LogP contribution is -3.18. The van der Waals surface area contributed by atoms with Gasteiger partial charge in [0.05, 0.1) is 24.0 Å². The van der Waals surface area contributed by atoms with Crippen LogP contribution >= 0.6 is 11.3 Å². The number of likely N-dealkylation sites (tertiary alicyclic amines) is 2. The van der Waals surface area contributed by atoms with Gasteiger partial charge in [-0.2, -0.15) is 0 Å². The van der Waals surface area contributed by atoms with Crippen LogP contribution in [0.4, 0.5) is 0 Å². The van der Waals surface area contributed by atoms with Gasteiger partial charge >= 0.3 is 0 Å². The van der Waals surface area contributed by atoms with Crippen molar-refractivity contribution in [3.05, 3.63) is 22.4 Å². The molecule has 3 heterocycles. The molecule has 0 saturated carbocycles. The summed E-state index contributed by atoms with van der Waals surface area (Å²) in [5, 5.41) is 1.99. The molecular formula is C17H27N2OS+. The lowest BCUT2D eigenvalue weighted by atomic mass is 9.89. The Balaban J connectivity index is 1.54. The minimum atomic E-state index is 0.235. The molecular weight excluding hydrogens is 280 g/mol. The van der Waals surface area contributed by atoms with E-state index in [-0.39, 0.29) is 5.91 Å². The van der Waals surface area contributed by atoms with E-state index in [0.717, 1.165) is 35.8 Å². The average Bonchev–Trinajstić information content (AvgIpc) is 3.00. The fourth-order valence-corrected chi connectivity index (χ4v) is 4.90. The third-order valence-corrected chi connectivity index (χ3v) is 5.98. The van der Waals surface area contributed by atoms with Crippen LogP contribution < -0.4 is 4.90 Å². The van der Waals surface area contributed by atoms with E-state index in [1.54, 1.807) is 16.2 Å². The molecule has 3 rings (SSSR count). The highest BCUT2D eigenvalue weighted by molar-refractivity contribution is 7.12. The van der Waals surface area contributed by atoms with Gasteiger partial charge in [-0.1, -0.05) is 19.9 Å². The fraction of sp³-hybridized carbons (Fsp3) is 0.706. The van der Waals surface area contributed by atoms with Crippen molar-refractivity contribution in [2.45, 2.75) is 39.2 Å². The third kappa shape index (κ3) is 3.49. The zero-order valence-corrected chi connectivity index (χ0v) is 14.0. The number of nitrogens with zero attached hydrogens (tertiary/aromatic N) is 1. The lowest BCUT2D eigenvalue weighted by molar-refractivity contribution is -0.938. The molecule has 0 aromatic carbocycles. The van der Waals surface area contributed by atoms with Gasteiger partial charge in [0.25, 0.3) is 5.91 Å². The largest absolute Gasteiger partial charge is 0.337 e. The normalized spacial score (nSPS) is 31.3. The molecule has 2 atom stereocenters. The van der Waals surface area contributed by atoms with Gasteiger partial charge in [0.15, 0.2) is 0 Å². The van der Waals surface area contributed by atoms with Gasteiger partial charge in [-0.15, -0.1) is 11.3 Å². The standard InChI is InChI=1S/C17H26N2OS/c1-13-10-14(2)12-19(11-13)15-5-7-18(8-6-15)17(20)16-4-3-9-21-16/h3-4,9,13-15H,5-8,10-12H2,1-2H3/p+1. The molecule has 1 N–H and O–H groups in total. The second kappa shape index (κ2) is 6.49. The second-order valence-electron chi connectivity index (χ2n) is 7.06. The number of hydrogen-bond acceptors (Lipinski definition) is 2. The first-order valence-electron chi connectivity index (χ1n) is 8.31. The Bertz CT molecular complexity index is 455. The maximum Gasteiger partial charge on any atom is 0.263 e. The van der Waals surface area contributed by atoms with Crippen molar-refractivity contribution in [2.75, 3.05) is 26.2 Å². The highest BCUT2D eigenvalue weighted by atomic mass is 32.1. The molecule has 1 aromatic rings. The minimum absolute atomic E-state index is 0.235. The first-order valence-corrected chi connectivity index (χ1v) is 9.18. The van der Waals surface area contributed by atoms with Gasteiger partial charge < -0.3 is 9.80 Å². The zero-order valence-electron chi connectivity index (χ0n) is 13.2. The number of quaternary nitrogens is 1. The number of thiophene rings is 1. The maximum absolute atomic E-state index is 12.4. The van der Waals surface area contributed by atoms with Crippen molar-refractivity contribution in [3.8, 4) is 0 Å². The van der Waals surface area contributed by atoms with Gasteiger partial charge in [-0.3, -0.25) is 4.79 Å². The van der Waals surface area contributed by atoms with Gasteiger partial charge in [-0.25, -0.2) is 0 Å². The first kappa shape index (κ1) is 15.0. The van der Waals surface area contributed by atoms with Crippen molar-refractivity contribution < 1.29 is 9.69 Å². The average molecular weight is 307 g/mol. The van der Waals surface area contributed by atoms with E-state index in [9.17, 15) is 4.79 Å². The molecule has 4 heteroatoms. The zero-order chi connectivity index (χ0) is 14.8. The number of amides is 1. The van der Waals surface area contributed by atoms with Gasteiger partial charge in [0.2, 0.25) is 0 Å². The van der Waals surface area contributed by atoms with Crippen LogP contribution in [0.1, 0.15) is 42.8 Å². The van der Waals surface area contributed by atoms with Crippen molar-refractivity contribution in [1.29, 1.82) is 0 Å². The van der Waals surface area contributed by atoms with Crippen LogP contribution in [0.5, 0.6) is 0 Å². The third-order valence-electron chi connectivity index (χ3n) is 5.12. The van der Waals surface area contributed by atoms with Crippen LogP contribution in [0.15, 0.2) is 17.5 Å². The molecule has 1 amide bonds. The van der Waals surface area contributed by atoms with E-state index in [2.05, 4.69) is 18.7 Å². The predicted octanol–water partition coefficient (Wildman–Crippen LogP) is 1.91. The number of piperidine rings is 2. The second-order valence-corrected chi connectivity index (χ2v) is 8.00. The van der Waals surface area contributed by atoms with E-state index in [1.807, 2.05) is 17.5 Å². The number of rotatable bonds is 2. The first-order chi connectivity index (χ1) is 10.1. The highest BCUT2D eigenvalue weighted by Gasteiger charge is 2.34. The van der Waals surface area contributed by atoms with Crippen LogP contribution in [0.3, 0.4) is 0 Å². The molecule has 0 spiro atoms. The van der Waals surface area contributed by atoms with E-state index >= 15 is 0 Å². The van der Waals surface area contributed by atoms with Crippen LogP contribution in [0.25, 0.3) is 0 Å². The summed E-state index contributed by atoms with van der Waals surface area (Å²) in [5.41, 5.74) is 0. The highest BCUT2D eigenvalue weighted by Crippen LogP contribution is 2.18. The Hall–Kier alpha value is -0.870. The molecule has 3 nitrogen and oxygen atoms in total. The molecule has 0 aliphatic carbocycles. The molecule has 2 aliphatic heterocycles. The van der Waals surface area contributed by atoms with E-state index in [0.29, 0.717) is 0 Å². The summed E-state index contributed by atoms with van der Waals surface area (Å²) in [5.74, 6) is 1.95. The summed E-state index contributed by atoms with van der Waals surface area (Å²) in [6.07, 6.45) is 3.73. The van der Waals surface area contributed by atoms with Gasteiger partial charge in [0, 0.05) is 37.8 Å². The molecule has 0 bridgehead atoms. The fourth-order valence-electron chi connectivity index (χ4n) is 4.21. The molecule has 0 radical (unpaired) electrons. The smallest absolute Gasteiger partial charge is 0.263 e. The maximum atomic E-state index is 12.4.